The molecule has 0 heterocycles. The Morgan fingerprint density at radius 2 is 1.95 bits per heavy atom. The molecule has 0 radical (unpaired) electrons. The highest BCUT2D eigenvalue weighted by Crippen LogP contribution is 2.35. The maximum absolute atomic E-state index is 11.3. The fraction of sp³-hybridized carbons (Fsp3) is 0.133. The van der Waals surface area contributed by atoms with E-state index in [1.807, 2.05) is 0 Å². The second-order valence-electron chi connectivity index (χ2n) is 4.47. The van der Waals surface area contributed by atoms with E-state index in [2.05, 4.69) is 6.58 Å². The Morgan fingerprint density at radius 3 is 2.55 bits per heavy atom. The van der Waals surface area contributed by atoms with Gasteiger partial charge in [-0.1, -0.05) is 30.8 Å². The van der Waals surface area contributed by atoms with Crippen molar-refractivity contribution in [2.75, 3.05) is 0 Å². The van der Waals surface area contributed by atoms with Gasteiger partial charge in [0, 0.05) is 5.57 Å². The van der Waals surface area contributed by atoms with Crippen LogP contribution in [0.25, 0.3) is 10.8 Å². The predicted molar refractivity (Wildman–Crippen MR) is 75.4 cm³/mol. The molecule has 102 valence electrons. The Labute approximate surface area is 115 Å². The van der Waals surface area contributed by atoms with Crippen molar-refractivity contribution in [2.24, 2.45) is 0 Å². The molecule has 0 amide bonds. The molecule has 2 aromatic rings. The monoisotopic (exact) mass is 271 g/mol. The van der Waals surface area contributed by atoms with Crippen LogP contribution in [0.15, 0.2) is 48.6 Å². The third-order valence-corrected chi connectivity index (χ3v) is 3.19. The summed E-state index contributed by atoms with van der Waals surface area (Å²) in [5.74, 6) is -0.403. The molecule has 2 aromatic carbocycles. The number of carbonyl (C=O) groups excluding carboxylic acids is 1. The van der Waals surface area contributed by atoms with Crippen LogP contribution in [0, 0.1) is 10.1 Å². The van der Waals surface area contributed by atoms with E-state index in [1.54, 1.807) is 30.3 Å². The van der Waals surface area contributed by atoms with Gasteiger partial charge in [-0.25, -0.2) is 0 Å². The lowest BCUT2D eigenvalue weighted by Gasteiger charge is -2.13. The summed E-state index contributed by atoms with van der Waals surface area (Å²) in [6.07, 6.45) is -1.38. The number of nitrogens with zero attached hydrogens (tertiary/aromatic N) is 1. The first-order chi connectivity index (χ1) is 9.43. The Hall–Kier alpha value is -2.53. The van der Waals surface area contributed by atoms with Crippen LogP contribution >= 0.6 is 0 Å². The fourth-order valence-electron chi connectivity index (χ4n) is 2.08. The summed E-state index contributed by atoms with van der Waals surface area (Å²) >= 11 is 0. The maximum atomic E-state index is 11.3. The lowest BCUT2D eigenvalue weighted by molar-refractivity contribution is -0.384. The van der Waals surface area contributed by atoms with Gasteiger partial charge in [0.15, 0.2) is 5.78 Å². The molecule has 0 saturated heterocycles. The number of benzene rings is 2. The van der Waals surface area contributed by atoms with Crippen molar-refractivity contribution in [2.45, 2.75) is 13.0 Å². The van der Waals surface area contributed by atoms with E-state index in [1.165, 1.54) is 13.0 Å². The number of nitro benzene ring substituents is 1. The Balaban J connectivity index is 2.70. The fourth-order valence-corrected chi connectivity index (χ4v) is 2.08. The van der Waals surface area contributed by atoms with Crippen molar-refractivity contribution in [1.29, 1.82) is 0 Å². The summed E-state index contributed by atoms with van der Waals surface area (Å²) < 4.78 is 0. The number of fused-ring (bicyclic) bond motifs is 1. The molecule has 0 aliphatic rings. The Kier molecular flexibility index (Phi) is 3.63. The van der Waals surface area contributed by atoms with Crippen LogP contribution in [-0.2, 0) is 4.79 Å². The van der Waals surface area contributed by atoms with E-state index < -0.39 is 16.8 Å². The molecule has 5 nitrogen and oxygen atoms in total. The highest BCUT2D eigenvalue weighted by molar-refractivity contribution is 5.96. The molecule has 0 spiro atoms. The number of hydrogen-bond donors (Lipinski definition) is 1. The van der Waals surface area contributed by atoms with Gasteiger partial charge in [0.2, 0.25) is 0 Å². The zero-order chi connectivity index (χ0) is 14.9. The minimum absolute atomic E-state index is 0.0663. The number of hydrogen-bond acceptors (Lipinski definition) is 4. The molecule has 1 N–H and O–H groups in total. The van der Waals surface area contributed by atoms with Crippen LogP contribution in [-0.4, -0.2) is 15.8 Å². The van der Waals surface area contributed by atoms with E-state index >= 15 is 0 Å². The molecular weight excluding hydrogens is 258 g/mol. The number of nitro groups is 1. The lowest BCUT2D eigenvalue weighted by Crippen LogP contribution is -2.10. The average Bonchev–Trinajstić information content (AvgIpc) is 2.44. The molecular formula is C15H13NO4. The number of ketones is 1. The highest BCUT2D eigenvalue weighted by Gasteiger charge is 2.26. The van der Waals surface area contributed by atoms with Gasteiger partial charge in [-0.3, -0.25) is 14.9 Å². The second kappa shape index (κ2) is 5.22. The normalized spacial score (nSPS) is 12.1. The van der Waals surface area contributed by atoms with Crippen LogP contribution in [0.2, 0.25) is 0 Å². The Bertz CT molecular complexity index is 721. The topological polar surface area (TPSA) is 80.4 Å². The molecule has 5 heteroatoms. The average molecular weight is 271 g/mol. The first kappa shape index (κ1) is 13.9. The SMILES string of the molecule is C=C(C(C)=O)[C@H](O)c1ccc2ccccc2c1[N+](=O)[O-]. The standard InChI is InChI=1S/C15H13NO4/c1-9(10(2)17)15(18)13-8-7-11-5-3-4-6-12(11)14(13)16(19)20/h3-8,15,18H,1H2,2H3/t15-/m0/s1. The number of Topliss-reactive ketones (excluding diaryl/α,β-unsaturated/α-hetero) is 1. The first-order valence-electron chi connectivity index (χ1n) is 5.97. The van der Waals surface area contributed by atoms with Gasteiger partial charge in [-0.2, -0.15) is 0 Å². The van der Waals surface area contributed by atoms with Crippen LogP contribution in [0.1, 0.15) is 18.6 Å². The van der Waals surface area contributed by atoms with Crippen molar-refractivity contribution in [3.63, 3.8) is 0 Å². The molecule has 2 rings (SSSR count). The molecule has 0 aromatic heterocycles. The van der Waals surface area contributed by atoms with Gasteiger partial charge in [-0.05, 0) is 24.4 Å². The van der Waals surface area contributed by atoms with Crippen LogP contribution in [0.5, 0.6) is 0 Å². The Morgan fingerprint density at radius 1 is 1.30 bits per heavy atom. The molecule has 0 aliphatic heterocycles. The number of carbonyl (C=O) groups is 1. The van der Waals surface area contributed by atoms with Gasteiger partial charge in [0.05, 0.1) is 15.9 Å². The number of aliphatic hydroxyl groups is 1. The van der Waals surface area contributed by atoms with Crippen molar-refractivity contribution in [3.05, 3.63) is 64.2 Å². The minimum atomic E-state index is -1.38. The predicted octanol–water partition coefficient (Wildman–Crippen LogP) is 2.93. The quantitative estimate of drug-likeness (QED) is 0.526. The van der Waals surface area contributed by atoms with E-state index in [-0.39, 0.29) is 16.8 Å². The highest BCUT2D eigenvalue weighted by atomic mass is 16.6. The molecule has 0 aliphatic carbocycles. The summed E-state index contributed by atoms with van der Waals surface area (Å²) in [4.78, 5) is 22.0. The third kappa shape index (κ3) is 2.31. The van der Waals surface area contributed by atoms with Crippen molar-refractivity contribution < 1.29 is 14.8 Å². The van der Waals surface area contributed by atoms with E-state index in [0.717, 1.165) is 0 Å². The zero-order valence-electron chi connectivity index (χ0n) is 10.9. The largest absolute Gasteiger partial charge is 0.383 e. The lowest BCUT2D eigenvalue weighted by atomic mass is 9.95. The number of aliphatic hydroxyl groups excluding tert-OH is 1. The third-order valence-electron chi connectivity index (χ3n) is 3.19. The van der Waals surface area contributed by atoms with E-state index in [0.29, 0.717) is 10.8 Å². The van der Waals surface area contributed by atoms with Crippen LogP contribution in [0.3, 0.4) is 0 Å². The molecule has 0 unspecified atom stereocenters. The smallest absolute Gasteiger partial charge is 0.283 e. The van der Waals surface area contributed by atoms with Crippen LogP contribution < -0.4 is 0 Å². The van der Waals surface area contributed by atoms with Gasteiger partial charge in [0.25, 0.3) is 5.69 Å². The molecule has 0 bridgehead atoms. The van der Waals surface area contributed by atoms with Crippen molar-refractivity contribution in [3.8, 4) is 0 Å². The maximum Gasteiger partial charge on any atom is 0.283 e. The molecule has 20 heavy (non-hydrogen) atoms. The summed E-state index contributed by atoms with van der Waals surface area (Å²) in [6.45, 7) is 4.75. The van der Waals surface area contributed by atoms with Crippen molar-refractivity contribution >= 4 is 22.2 Å². The first-order valence-corrected chi connectivity index (χ1v) is 5.97. The van der Waals surface area contributed by atoms with Gasteiger partial charge >= 0.3 is 0 Å². The minimum Gasteiger partial charge on any atom is -0.383 e. The van der Waals surface area contributed by atoms with Gasteiger partial charge < -0.3 is 5.11 Å². The second-order valence-corrected chi connectivity index (χ2v) is 4.47. The van der Waals surface area contributed by atoms with Gasteiger partial charge in [-0.15, -0.1) is 0 Å². The van der Waals surface area contributed by atoms with E-state index in [9.17, 15) is 20.0 Å². The summed E-state index contributed by atoms with van der Waals surface area (Å²) in [5.41, 5.74) is -0.185. The van der Waals surface area contributed by atoms with Crippen molar-refractivity contribution in [1.82, 2.24) is 0 Å². The zero-order valence-corrected chi connectivity index (χ0v) is 10.9. The summed E-state index contributed by atoms with van der Waals surface area (Å²) in [7, 11) is 0. The number of rotatable bonds is 4. The summed E-state index contributed by atoms with van der Waals surface area (Å²) in [5, 5.41) is 22.6. The molecule has 0 fully saturated rings. The van der Waals surface area contributed by atoms with E-state index in [4.69, 9.17) is 0 Å². The summed E-state index contributed by atoms with van der Waals surface area (Å²) in [6, 6.07) is 9.95. The molecule has 0 saturated carbocycles. The van der Waals surface area contributed by atoms with Gasteiger partial charge in [0.1, 0.15) is 6.10 Å². The molecule has 1 atom stereocenters. The van der Waals surface area contributed by atoms with Crippen LogP contribution in [0.4, 0.5) is 5.69 Å².